The highest BCUT2D eigenvalue weighted by atomic mass is 35.5. The topological polar surface area (TPSA) is 66.8 Å². The quantitative estimate of drug-likeness (QED) is 0.813. The highest BCUT2D eigenvalue weighted by molar-refractivity contribution is 6.44. The summed E-state index contributed by atoms with van der Waals surface area (Å²) in [6.45, 7) is 4.38. The normalized spacial score (nSPS) is 11.1. The predicted octanol–water partition coefficient (Wildman–Crippen LogP) is 4.47. The van der Waals surface area contributed by atoms with Crippen molar-refractivity contribution in [3.63, 3.8) is 0 Å². The molecule has 0 aliphatic heterocycles. The Morgan fingerprint density at radius 3 is 2.14 bits per heavy atom. The third-order valence-electron chi connectivity index (χ3n) is 2.19. The van der Waals surface area contributed by atoms with Gasteiger partial charge in [-0.2, -0.15) is 0 Å². The Hall–Kier alpha value is -1.17. The molecule has 116 valence electrons. The van der Waals surface area contributed by atoms with E-state index >= 15 is 0 Å². The SMILES string of the molecule is CC(C)(C)OC(=O)N(CC(=O)O)c1cc(Cl)c(Cl)cc1Cl. The summed E-state index contributed by atoms with van der Waals surface area (Å²) in [6.07, 6.45) is -0.842. The molecule has 1 N–H and O–H groups in total. The second kappa shape index (κ2) is 6.73. The van der Waals surface area contributed by atoms with Gasteiger partial charge in [0.2, 0.25) is 0 Å². The molecule has 0 unspecified atom stereocenters. The van der Waals surface area contributed by atoms with Crippen LogP contribution in [0.4, 0.5) is 10.5 Å². The number of carboxylic acids is 1. The summed E-state index contributed by atoms with van der Waals surface area (Å²) in [4.78, 5) is 24.0. The summed E-state index contributed by atoms with van der Waals surface area (Å²) in [7, 11) is 0. The zero-order valence-corrected chi connectivity index (χ0v) is 13.9. The molecule has 0 saturated heterocycles. The van der Waals surface area contributed by atoms with Crippen molar-refractivity contribution >= 4 is 52.6 Å². The maximum atomic E-state index is 12.1. The van der Waals surface area contributed by atoms with Crippen molar-refractivity contribution in [3.05, 3.63) is 27.2 Å². The smallest absolute Gasteiger partial charge is 0.415 e. The molecule has 8 heteroatoms. The Morgan fingerprint density at radius 2 is 1.67 bits per heavy atom. The number of rotatable bonds is 3. The molecule has 1 aromatic rings. The Bertz CT molecular complexity index is 569. The summed E-state index contributed by atoms with van der Waals surface area (Å²) < 4.78 is 5.17. The van der Waals surface area contributed by atoms with Gasteiger partial charge in [0.1, 0.15) is 12.1 Å². The number of hydrogen-bond donors (Lipinski definition) is 1. The minimum atomic E-state index is -1.22. The van der Waals surface area contributed by atoms with Crippen molar-refractivity contribution in [2.24, 2.45) is 0 Å². The predicted molar refractivity (Wildman–Crippen MR) is 82.7 cm³/mol. The molecule has 0 spiro atoms. The average Bonchev–Trinajstić information content (AvgIpc) is 2.28. The lowest BCUT2D eigenvalue weighted by molar-refractivity contribution is -0.135. The second-order valence-corrected chi connectivity index (χ2v) is 6.40. The van der Waals surface area contributed by atoms with E-state index in [2.05, 4.69) is 0 Å². The molecule has 1 aromatic carbocycles. The maximum absolute atomic E-state index is 12.1. The van der Waals surface area contributed by atoms with Crippen LogP contribution in [-0.2, 0) is 9.53 Å². The van der Waals surface area contributed by atoms with Crippen LogP contribution >= 0.6 is 34.8 Å². The Balaban J connectivity index is 3.22. The van der Waals surface area contributed by atoms with Crippen LogP contribution in [0.5, 0.6) is 0 Å². The lowest BCUT2D eigenvalue weighted by Crippen LogP contribution is -2.40. The van der Waals surface area contributed by atoms with Crippen molar-refractivity contribution in [3.8, 4) is 0 Å². The molecular formula is C13H14Cl3NO4. The number of carbonyl (C=O) groups excluding carboxylic acids is 1. The van der Waals surface area contributed by atoms with Gasteiger partial charge in [-0.3, -0.25) is 9.69 Å². The van der Waals surface area contributed by atoms with Crippen LogP contribution in [-0.4, -0.2) is 29.3 Å². The third-order valence-corrected chi connectivity index (χ3v) is 3.21. The first kappa shape index (κ1) is 17.9. The lowest BCUT2D eigenvalue weighted by atomic mass is 10.2. The van der Waals surface area contributed by atoms with Crippen LogP contribution < -0.4 is 4.90 Å². The minimum absolute atomic E-state index is 0.0940. The number of carboxylic acid groups (broad SMARTS) is 1. The molecule has 21 heavy (non-hydrogen) atoms. The summed E-state index contributed by atoms with van der Waals surface area (Å²) in [5.74, 6) is -1.22. The summed E-state index contributed by atoms with van der Waals surface area (Å²) in [5.41, 5.74) is -0.668. The largest absolute Gasteiger partial charge is 0.480 e. The first-order chi connectivity index (χ1) is 9.51. The van der Waals surface area contributed by atoms with Gasteiger partial charge in [0.05, 0.1) is 20.8 Å². The van der Waals surface area contributed by atoms with Crippen LogP contribution in [0.25, 0.3) is 0 Å². The molecule has 0 saturated carbocycles. The van der Waals surface area contributed by atoms with Crippen LogP contribution in [0.15, 0.2) is 12.1 Å². The van der Waals surface area contributed by atoms with E-state index in [4.69, 9.17) is 44.6 Å². The van der Waals surface area contributed by atoms with E-state index in [0.29, 0.717) is 0 Å². The Labute approximate surface area is 137 Å². The van der Waals surface area contributed by atoms with Gasteiger partial charge < -0.3 is 9.84 Å². The molecule has 0 atom stereocenters. The van der Waals surface area contributed by atoms with Crippen LogP contribution in [0, 0.1) is 0 Å². The Morgan fingerprint density at radius 1 is 1.14 bits per heavy atom. The molecule has 0 bridgehead atoms. The number of ether oxygens (including phenoxy) is 1. The fraction of sp³-hybridized carbons (Fsp3) is 0.385. The number of carbonyl (C=O) groups is 2. The summed E-state index contributed by atoms with van der Waals surface area (Å²) in [6, 6.07) is 2.65. The number of amides is 1. The zero-order valence-electron chi connectivity index (χ0n) is 11.6. The highest BCUT2D eigenvalue weighted by Crippen LogP contribution is 2.35. The van der Waals surface area contributed by atoms with E-state index in [0.717, 1.165) is 4.90 Å². The van der Waals surface area contributed by atoms with Gasteiger partial charge in [0.25, 0.3) is 0 Å². The minimum Gasteiger partial charge on any atom is -0.480 e. The zero-order chi connectivity index (χ0) is 16.4. The number of aliphatic carboxylic acids is 1. The number of nitrogens with zero attached hydrogens (tertiary/aromatic N) is 1. The molecule has 0 aliphatic carbocycles. The van der Waals surface area contributed by atoms with Gasteiger partial charge in [0.15, 0.2) is 0 Å². The van der Waals surface area contributed by atoms with Crippen molar-refractivity contribution in [1.82, 2.24) is 0 Å². The van der Waals surface area contributed by atoms with Crippen LogP contribution in [0.1, 0.15) is 20.8 Å². The van der Waals surface area contributed by atoms with Crippen molar-refractivity contribution < 1.29 is 19.4 Å². The van der Waals surface area contributed by atoms with Crippen molar-refractivity contribution in [2.45, 2.75) is 26.4 Å². The molecule has 0 aromatic heterocycles. The van der Waals surface area contributed by atoms with Crippen LogP contribution in [0.2, 0.25) is 15.1 Å². The maximum Gasteiger partial charge on any atom is 0.415 e. The number of hydrogen-bond acceptors (Lipinski definition) is 3. The van der Waals surface area contributed by atoms with E-state index in [1.54, 1.807) is 20.8 Å². The highest BCUT2D eigenvalue weighted by Gasteiger charge is 2.27. The molecular weight excluding hydrogens is 341 g/mol. The molecule has 0 heterocycles. The standard InChI is InChI=1S/C13H14Cl3NO4/c1-13(2,3)21-12(20)17(6-11(18)19)10-5-8(15)7(14)4-9(10)16/h4-5H,6H2,1-3H3,(H,18,19). The van der Waals surface area contributed by atoms with Gasteiger partial charge in [-0.15, -0.1) is 0 Å². The van der Waals surface area contributed by atoms with Crippen molar-refractivity contribution in [2.75, 3.05) is 11.4 Å². The molecule has 0 aliphatic rings. The van der Waals surface area contributed by atoms with Gasteiger partial charge >= 0.3 is 12.1 Å². The number of benzene rings is 1. The van der Waals surface area contributed by atoms with E-state index in [-0.39, 0.29) is 20.8 Å². The second-order valence-electron chi connectivity index (χ2n) is 5.18. The lowest BCUT2D eigenvalue weighted by Gasteiger charge is -2.27. The number of halogens is 3. The van der Waals surface area contributed by atoms with Gasteiger partial charge in [-0.25, -0.2) is 4.79 Å². The van der Waals surface area contributed by atoms with Gasteiger partial charge in [-0.05, 0) is 32.9 Å². The van der Waals surface area contributed by atoms with Gasteiger partial charge in [-0.1, -0.05) is 34.8 Å². The average molecular weight is 355 g/mol. The van der Waals surface area contributed by atoms with E-state index in [1.165, 1.54) is 12.1 Å². The number of anilines is 1. The summed E-state index contributed by atoms with van der Waals surface area (Å²) >= 11 is 17.7. The Kier molecular flexibility index (Phi) is 5.73. The summed E-state index contributed by atoms with van der Waals surface area (Å²) in [5, 5.41) is 9.40. The van der Waals surface area contributed by atoms with E-state index < -0.39 is 24.2 Å². The first-order valence-electron chi connectivity index (χ1n) is 5.88. The van der Waals surface area contributed by atoms with Crippen LogP contribution in [0.3, 0.4) is 0 Å². The van der Waals surface area contributed by atoms with E-state index in [1.807, 2.05) is 0 Å². The molecule has 0 fully saturated rings. The molecule has 5 nitrogen and oxygen atoms in total. The molecule has 1 amide bonds. The fourth-order valence-electron chi connectivity index (χ4n) is 1.42. The molecule has 0 radical (unpaired) electrons. The van der Waals surface area contributed by atoms with Crippen molar-refractivity contribution in [1.29, 1.82) is 0 Å². The molecule has 1 rings (SSSR count). The monoisotopic (exact) mass is 353 g/mol. The third kappa shape index (κ3) is 5.26. The van der Waals surface area contributed by atoms with E-state index in [9.17, 15) is 9.59 Å². The van der Waals surface area contributed by atoms with Gasteiger partial charge in [0, 0.05) is 0 Å². The fourth-order valence-corrected chi connectivity index (χ4v) is 2.06. The first-order valence-corrected chi connectivity index (χ1v) is 7.01.